The first kappa shape index (κ1) is 27.7. The summed E-state index contributed by atoms with van der Waals surface area (Å²) in [4.78, 5) is 43.9. The van der Waals surface area contributed by atoms with Gasteiger partial charge in [0.05, 0.1) is 23.1 Å². The molecule has 0 saturated carbocycles. The Balaban J connectivity index is 1.30. The molecule has 0 atom stereocenters. The SMILES string of the molecule is CC(C)n1cc(C(=O)Nc2ccc(Oc3cc(-c4cscn4)cn4nccc34)c(F)c2)c(=O)n(-c2ccc(F)cc2)c1=O. The standard InChI is InChI=1S/C30H22F2N6O4S/c1-17(2)36-14-22(29(40)38(30(36)41)21-6-3-19(31)4-7-21)28(39)35-20-5-8-26(23(32)12-20)42-27-11-18(24-15-43-16-33-24)13-37-25(27)9-10-34-37/h3-17H,1-2H3,(H,35,39). The van der Waals surface area contributed by atoms with Gasteiger partial charge >= 0.3 is 5.69 Å². The van der Waals surface area contributed by atoms with Crippen LogP contribution in [0.25, 0.3) is 22.5 Å². The van der Waals surface area contributed by atoms with E-state index in [-0.39, 0.29) is 22.7 Å². The van der Waals surface area contributed by atoms with E-state index < -0.39 is 34.8 Å². The number of ether oxygens (including phenoxy) is 1. The van der Waals surface area contributed by atoms with Crippen molar-refractivity contribution < 1.29 is 18.3 Å². The first-order valence-corrected chi connectivity index (χ1v) is 13.9. The van der Waals surface area contributed by atoms with E-state index in [0.29, 0.717) is 17.0 Å². The Morgan fingerprint density at radius 1 is 1.00 bits per heavy atom. The molecule has 43 heavy (non-hydrogen) atoms. The average molecular weight is 601 g/mol. The molecule has 0 radical (unpaired) electrons. The highest BCUT2D eigenvalue weighted by Gasteiger charge is 2.21. The molecule has 1 amide bonds. The summed E-state index contributed by atoms with van der Waals surface area (Å²) in [5, 5.41) is 8.64. The van der Waals surface area contributed by atoms with Crippen molar-refractivity contribution in [3.8, 4) is 28.4 Å². The fraction of sp³-hybridized carbons (Fsp3) is 0.100. The van der Waals surface area contributed by atoms with Gasteiger partial charge in [0.15, 0.2) is 17.3 Å². The number of hydrogen-bond donors (Lipinski definition) is 1. The number of thiazole rings is 1. The van der Waals surface area contributed by atoms with Crippen LogP contribution in [0.15, 0.2) is 93.7 Å². The van der Waals surface area contributed by atoms with Gasteiger partial charge < -0.3 is 10.1 Å². The molecule has 13 heteroatoms. The van der Waals surface area contributed by atoms with Crippen molar-refractivity contribution in [3.05, 3.63) is 122 Å². The van der Waals surface area contributed by atoms with Gasteiger partial charge in [-0.15, -0.1) is 11.3 Å². The number of nitrogens with zero attached hydrogens (tertiary/aromatic N) is 5. The second-order valence-corrected chi connectivity index (χ2v) is 10.5. The van der Waals surface area contributed by atoms with Crippen LogP contribution >= 0.6 is 11.3 Å². The van der Waals surface area contributed by atoms with Crippen LogP contribution in [0.2, 0.25) is 0 Å². The van der Waals surface area contributed by atoms with Crippen LogP contribution in [0, 0.1) is 11.6 Å². The fourth-order valence-corrected chi connectivity index (χ4v) is 5.03. The largest absolute Gasteiger partial charge is 0.452 e. The zero-order valence-corrected chi connectivity index (χ0v) is 23.5. The molecule has 0 bridgehead atoms. The lowest BCUT2D eigenvalue weighted by molar-refractivity contribution is 0.102. The predicted molar refractivity (Wildman–Crippen MR) is 157 cm³/mol. The van der Waals surface area contributed by atoms with Gasteiger partial charge in [-0.1, -0.05) is 0 Å². The number of nitrogens with one attached hydrogen (secondary N) is 1. The number of pyridine rings is 1. The number of benzene rings is 2. The van der Waals surface area contributed by atoms with Crippen molar-refractivity contribution in [2.75, 3.05) is 5.32 Å². The van der Waals surface area contributed by atoms with Crippen molar-refractivity contribution >= 4 is 28.4 Å². The Labute approximate surface area is 246 Å². The molecule has 6 aromatic rings. The molecule has 216 valence electrons. The summed E-state index contributed by atoms with van der Waals surface area (Å²) in [5.74, 6) is -1.95. The monoisotopic (exact) mass is 600 g/mol. The van der Waals surface area contributed by atoms with Crippen LogP contribution in [-0.2, 0) is 0 Å². The second kappa shape index (κ2) is 11.1. The number of fused-ring (bicyclic) bond motifs is 1. The molecule has 6 rings (SSSR count). The van der Waals surface area contributed by atoms with Crippen LogP contribution in [0.4, 0.5) is 14.5 Å². The minimum absolute atomic E-state index is 0.0515. The topological polar surface area (TPSA) is 113 Å². The molecular weight excluding hydrogens is 578 g/mol. The van der Waals surface area contributed by atoms with Gasteiger partial charge in [0, 0.05) is 41.1 Å². The molecule has 4 aromatic heterocycles. The number of halogens is 2. The zero-order chi connectivity index (χ0) is 30.2. The van der Waals surface area contributed by atoms with Gasteiger partial charge in [-0.2, -0.15) is 5.10 Å². The van der Waals surface area contributed by atoms with E-state index in [1.807, 2.05) is 5.38 Å². The smallest absolute Gasteiger partial charge is 0.335 e. The van der Waals surface area contributed by atoms with E-state index in [1.165, 1.54) is 40.2 Å². The van der Waals surface area contributed by atoms with E-state index in [9.17, 15) is 18.8 Å². The molecule has 10 nitrogen and oxygen atoms in total. The summed E-state index contributed by atoms with van der Waals surface area (Å²) < 4.78 is 38.3. The maximum atomic E-state index is 15.3. The highest BCUT2D eigenvalue weighted by Crippen LogP contribution is 2.33. The van der Waals surface area contributed by atoms with Crippen LogP contribution in [0.3, 0.4) is 0 Å². The van der Waals surface area contributed by atoms with Gasteiger partial charge in [0.25, 0.3) is 11.5 Å². The lowest BCUT2D eigenvalue weighted by Gasteiger charge is -2.16. The molecule has 0 aliphatic carbocycles. The summed E-state index contributed by atoms with van der Waals surface area (Å²) >= 11 is 1.44. The molecule has 0 unspecified atom stereocenters. The van der Waals surface area contributed by atoms with E-state index in [2.05, 4.69) is 15.4 Å². The summed E-state index contributed by atoms with van der Waals surface area (Å²) in [5.41, 5.74) is 1.94. The van der Waals surface area contributed by atoms with Crippen molar-refractivity contribution in [1.82, 2.24) is 23.7 Å². The first-order chi connectivity index (χ1) is 20.7. The number of anilines is 1. The van der Waals surface area contributed by atoms with Gasteiger partial charge in [-0.3, -0.25) is 14.2 Å². The van der Waals surface area contributed by atoms with Crippen molar-refractivity contribution in [1.29, 1.82) is 0 Å². The summed E-state index contributed by atoms with van der Waals surface area (Å²) in [6.07, 6.45) is 4.54. The molecule has 0 aliphatic rings. The van der Waals surface area contributed by atoms with E-state index in [1.54, 1.807) is 48.4 Å². The fourth-order valence-electron chi connectivity index (χ4n) is 4.47. The number of carbonyl (C=O) groups excluding carboxylic acids is 1. The third kappa shape index (κ3) is 5.33. The third-order valence-corrected chi connectivity index (χ3v) is 7.19. The molecule has 1 N–H and O–H groups in total. The Bertz CT molecular complexity index is 2100. The molecule has 0 aliphatic heterocycles. The second-order valence-electron chi connectivity index (χ2n) is 9.77. The van der Waals surface area contributed by atoms with E-state index >= 15 is 4.39 Å². The number of aromatic nitrogens is 5. The van der Waals surface area contributed by atoms with Gasteiger partial charge in [0.1, 0.15) is 16.9 Å². The minimum Gasteiger partial charge on any atom is -0.452 e. The Hall–Kier alpha value is -5.43. The maximum absolute atomic E-state index is 15.3. The van der Waals surface area contributed by atoms with Crippen molar-refractivity contribution in [3.63, 3.8) is 0 Å². The van der Waals surface area contributed by atoms with Gasteiger partial charge in [-0.25, -0.2) is 27.6 Å². The lowest BCUT2D eigenvalue weighted by atomic mass is 10.2. The minimum atomic E-state index is -0.906. The highest BCUT2D eigenvalue weighted by atomic mass is 32.1. The number of hydrogen-bond acceptors (Lipinski definition) is 7. The summed E-state index contributed by atoms with van der Waals surface area (Å²) in [6, 6.07) is 11.6. The molecule has 0 fully saturated rings. The number of carbonyl (C=O) groups is 1. The van der Waals surface area contributed by atoms with E-state index in [0.717, 1.165) is 34.5 Å². The maximum Gasteiger partial charge on any atom is 0.335 e. The van der Waals surface area contributed by atoms with E-state index in [4.69, 9.17) is 4.74 Å². The Kier molecular flexibility index (Phi) is 7.16. The van der Waals surface area contributed by atoms with Crippen molar-refractivity contribution in [2.24, 2.45) is 0 Å². The van der Waals surface area contributed by atoms with Crippen LogP contribution < -0.4 is 21.3 Å². The zero-order valence-electron chi connectivity index (χ0n) is 22.7. The average Bonchev–Trinajstić information content (AvgIpc) is 3.68. The molecule has 0 spiro atoms. The molecular formula is C30H22F2N6O4S. The normalized spacial score (nSPS) is 11.3. The van der Waals surface area contributed by atoms with Crippen LogP contribution in [0.5, 0.6) is 11.5 Å². The van der Waals surface area contributed by atoms with Crippen molar-refractivity contribution in [2.45, 2.75) is 19.9 Å². The predicted octanol–water partition coefficient (Wildman–Crippen LogP) is 5.67. The Morgan fingerprint density at radius 2 is 1.79 bits per heavy atom. The Morgan fingerprint density at radius 3 is 2.49 bits per heavy atom. The third-order valence-electron chi connectivity index (χ3n) is 6.61. The quantitative estimate of drug-likeness (QED) is 0.253. The first-order valence-electron chi connectivity index (χ1n) is 13.0. The van der Waals surface area contributed by atoms with Gasteiger partial charge in [-0.05, 0) is 62.4 Å². The summed E-state index contributed by atoms with van der Waals surface area (Å²) in [6.45, 7) is 3.42. The van der Waals surface area contributed by atoms with Gasteiger partial charge in [0.2, 0.25) is 0 Å². The molecule has 2 aromatic carbocycles. The molecule has 0 saturated heterocycles. The summed E-state index contributed by atoms with van der Waals surface area (Å²) in [7, 11) is 0. The lowest BCUT2D eigenvalue weighted by Crippen LogP contribution is -2.42. The number of amides is 1. The van der Waals surface area contributed by atoms with Crippen LogP contribution in [0.1, 0.15) is 30.2 Å². The molecule has 4 heterocycles. The highest BCUT2D eigenvalue weighted by molar-refractivity contribution is 7.07. The number of rotatable bonds is 7. The van der Waals surface area contributed by atoms with Crippen LogP contribution in [-0.4, -0.2) is 29.6 Å².